The Hall–Kier alpha value is -1.43. The van der Waals surface area contributed by atoms with Crippen molar-refractivity contribution in [2.24, 2.45) is 0 Å². The van der Waals surface area contributed by atoms with E-state index in [4.69, 9.17) is 9.26 Å². The highest BCUT2D eigenvalue weighted by Gasteiger charge is 2.30. The van der Waals surface area contributed by atoms with Crippen LogP contribution in [0.1, 0.15) is 51.2 Å². The van der Waals surface area contributed by atoms with Gasteiger partial charge in [0.25, 0.3) is 0 Å². The molecule has 1 aromatic heterocycles. The summed E-state index contributed by atoms with van der Waals surface area (Å²) in [6.45, 7) is 7.02. The van der Waals surface area contributed by atoms with Crippen molar-refractivity contribution in [2.45, 2.75) is 52.1 Å². The molecule has 0 saturated heterocycles. The van der Waals surface area contributed by atoms with E-state index in [1.54, 1.807) is 6.92 Å². The third-order valence-corrected chi connectivity index (χ3v) is 3.12. The fourth-order valence-corrected chi connectivity index (χ4v) is 1.80. The van der Waals surface area contributed by atoms with E-state index in [0.29, 0.717) is 24.9 Å². The Bertz CT molecular complexity index is 427. The number of hydrogen-bond acceptors (Lipinski definition) is 6. The van der Waals surface area contributed by atoms with E-state index in [2.05, 4.69) is 10.1 Å². The number of carbonyl (C=O) groups excluding carboxylic acids is 1. The normalized spacial score (nSPS) is 15.2. The second-order valence-corrected chi connectivity index (χ2v) is 5.13. The Balaban J connectivity index is 1.92. The van der Waals surface area contributed by atoms with Crippen molar-refractivity contribution in [3.05, 3.63) is 11.7 Å². The molecule has 106 valence electrons. The van der Waals surface area contributed by atoms with Crippen LogP contribution in [0.3, 0.4) is 0 Å². The number of aromatic nitrogens is 2. The quantitative estimate of drug-likeness (QED) is 0.701. The van der Waals surface area contributed by atoms with Gasteiger partial charge in [0.1, 0.15) is 0 Å². The molecule has 0 amide bonds. The summed E-state index contributed by atoms with van der Waals surface area (Å²) in [5, 5.41) is 3.97. The number of nitrogens with zero attached hydrogens (tertiary/aromatic N) is 3. The van der Waals surface area contributed by atoms with Gasteiger partial charge in [0.2, 0.25) is 5.89 Å². The average molecular weight is 267 g/mol. The summed E-state index contributed by atoms with van der Waals surface area (Å²) in [6, 6.07) is 0.215. The second kappa shape index (κ2) is 6.14. The number of ether oxygens (including phenoxy) is 1. The molecular weight excluding hydrogens is 246 g/mol. The summed E-state index contributed by atoms with van der Waals surface area (Å²) in [5.74, 6) is 1.61. The molecule has 0 radical (unpaired) electrons. The van der Waals surface area contributed by atoms with Gasteiger partial charge in [0.05, 0.1) is 19.7 Å². The molecule has 6 nitrogen and oxygen atoms in total. The molecule has 0 aromatic carbocycles. The lowest BCUT2D eigenvalue weighted by Crippen LogP contribution is -2.36. The van der Waals surface area contributed by atoms with Crippen molar-refractivity contribution < 1.29 is 14.1 Å². The molecule has 1 fully saturated rings. The summed E-state index contributed by atoms with van der Waals surface area (Å²) < 4.78 is 10.2. The van der Waals surface area contributed by atoms with E-state index < -0.39 is 0 Å². The van der Waals surface area contributed by atoms with E-state index in [-0.39, 0.29) is 18.6 Å². The first-order chi connectivity index (χ1) is 9.10. The van der Waals surface area contributed by atoms with Gasteiger partial charge in [-0.3, -0.25) is 9.69 Å². The largest absolute Gasteiger partial charge is 0.465 e. The summed E-state index contributed by atoms with van der Waals surface area (Å²) >= 11 is 0. The minimum Gasteiger partial charge on any atom is -0.465 e. The van der Waals surface area contributed by atoms with Crippen LogP contribution in [0.25, 0.3) is 0 Å². The number of esters is 1. The molecule has 1 aliphatic rings. The average Bonchev–Trinajstić information content (AvgIpc) is 3.10. The Morgan fingerprint density at radius 2 is 2.26 bits per heavy atom. The predicted molar refractivity (Wildman–Crippen MR) is 68.5 cm³/mol. The van der Waals surface area contributed by atoms with Crippen LogP contribution in [0.5, 0.6) is 0 Å². The van der Waals surface area contributed by atoms with Crippen LogP contribution in [-0.4, -0.2) is 40.2 Å². The van der Waals surface area contributed by atoms with Crippen molar-refractivity contribution in [1.29, 1.82) is 0 Å². The minimum absolute atomic E-state index is 0.215. The van der Waals surface area contributed by atoms with Crippen molar-refractivity contribution in [1.82, 2.24) is 15.0 Å². The van der Waals surface area contributed by atoms with Crippen molar-refractivity contribution in [2.75, 3.05) is 13.2 Å². The Labute approximate surface area is 113 Å². The summed E-state index contributed by atoms with van der Waals surface area (Å²) in [6.07, 6.45) is 2.27. The SMILES string of the molecule is CCOC(=O)CN(Cc1noc(C2CC2)n1)C(C)C. The van der Waals surface area contributed by atoms with Crippen LogP contribution in [0, 0.1) is 0 Å². The minimum atomic E-state index is -0.220. The summed E-state index contributed by atoms with van der Waals surface area (Å²) in [4.78, 5) is 17.9. The number of carbonyl (C=O) groups is 1. The van der Waals surface area contributed by atoms with Crippen molar-refractivity contribution >= 4 is 5.97 Å². The first-order valence-electron chi connectivity index (χ1n) is 6.82. The van der Waals surface area contributed by atoms with Crippen LogP contribution in [0.15, 0.2) is 4.52 Å². The molecule has 0 N–H and O–H groups in total. The molecule has 1 aromatic rings. The van der Waals surface area contributed by atoms with Crippen LogP contribution < -0.4 is 0 Å². The predicted octanol–water partition coefficient (Wildman–Crippen LogP) is 1.72. The zero-order valence-electron chi connectivity index (χ0n) is 11.8. The van der Waals surface area contributed by atoms with Crippen molar-refractivity contribution in [3.63, 3.8) is 0 Å². The van der Waals surface area contributed by atoms with E-state index in [1.807, 2.05) is 18.7 Å². The van der Waals surface area contributed by atoms with E-state index in [0.717, 1.165) is 18.7 Å². The van der Waals surface area contributed by atoms with Gasteiger partial charge in [-0.25, -0.2) is 0 Å². The van der Waals surface area contributed by atoms with E-state index in [1.165, 1.54) is 0 Å². The molecule has 0 atom stereocenters. The van der Waals surface area contributed by atoms with Gasteiger partial charge in [0.15, 0.2) is 5.82 Å². The lowest BCUT2D eigenvalue weighted by atomic mass is 10.3. The molecule has 2 rings (SSSR count). The van der Waals surface area contributed by atoms with E-state index >= 15 is 0 Å². The highest BCUT2D eigenvalue weighted by Crippen LogP contribution is 2.38. The molecule has 1 heterocycles. The van der Waals surface area contributed by atoms with Crippen LogP contribution in [-0.2, 0) is 16.1 Å². The van der Waals surface area contributed by atoms with Gasteiger partial charge in [-0.15, -0.1) is 0 Å². The molecule has 1 saturated carbocycles. The topological polar surface area (TPSA) is 68.5 Å². The fraction of sp³-hybridized carbons (Fsp3) is 0.769. The summed E-state index contributed by atoms with van der Waals surface area (Å²) in [5.41, 5.74) is 0. The number of hydrogen-bond donors (Lipinski definition) is 0. The third-order valence-electron chi connectivity index (χ3n) is 3.12. The highest BCUT2D eigenvalue weighted by molar-refractivity contribution is 5.71. The van der Waals surface area contributed by atoms with Gasteiger partial charge in [0, 0.05) is 12.0 Å². The monoisotopic (exact) mass is 267 g/mol. The van der Waals surface area contributed by atoms with Gasteiger partial charge in [-0.2, -0.15) is 4.98 Å². The van der Waals surface area contributed by atoms with Crippen LogP contribution in [0.4, 0.5) is 0 Å². The lowest BCUT2D eigenvalue weighted by Gasteiger charge is -2.23. The number of rotatable bonds is 7. The molecule has 0 unspecified atom stereocenters. The smallest absolute Gasteiger partial charge is 0.320 e. The van der Waals surface area contributed by atoms with Crippen LogP contribution in [0.2, 0.25) is 0 Å². The van der Waals surface area contributed by atoms with Gasteiger partial charge >= 0.3 is 5.97 Å². The van der Waals surface area contributed by atoms with E-state index in [9.17, 15) is 4.79 Å². The van der Waals surface area contributed by atoms with Gasteiger partial charge in [-0.1, -0.05) is 5.16 Å². The molecule has 0 spiro atoms. The standard InChI is InChI=1S/C13H21N3O3/c1-4-18-12(17)8-16(9(2)3)7-11-14-13(19-15-11)10-5-6-10/h9-10H,4-8H2,1-3H3. The Morgan fingerprint density at radius 3 is 2.84 bits per heavy atom. The molecule has 19 heavy (non-hydrogen) atoms. The highest BCUT2D eigenvalue weighted by atomic mass is 16.5. The molecular formula is C13H21N3O3. The first kappa shape index (κ1) is 14.0. The maximum absolute atomic E-state index is 11.5. The second-order valence-electron chi connectivity index (χ2n) is 5.13. The maximum atomic E-state index is 11.5. The zero-order valence-corrected chi connectivity index (χ0v) is 11.8. The third kappa shape index (κ3) is 4.02. The summed E-state index contributed by atoms with van der Waals surface area (Å²) in [7, 11) is 0. The maximum Gasteiger partial charge on any atom is 0.320 e. The molecule has 0 aliphatic heterocycles. The fourth-order valence-electron chi connectivity index (χ4n) is 1.80. The Morgan fingerprint density at radius 1 is 1.53 bits per heavy atom. The van der Waals surface area contributed by atoms with Gasteiger partial charge in [-0.05, 0) is 33.6 Å². The molecule has 6 heteroatoms. The Kier molecular flexibility index (Phi) is 4.52. The lowest BCUT2D eigenvalue weighted by molar-refractivity contribution is -0.145. The van der Waals surface area contributed by atoms with Gasteiger partial charge < -0.3 is 9.26 Å². The zero-order chi connectivity index (χ0) is 13.8. The van der Waals surface area contributed by atoms with Crippen molar-refractivity contribution in [3.8, 4) is 0 Å². The van der Waals surface area contributed by atoms with Crippen LogP contribution >= 0.6 is 0 Å². The first-order valence-corrected chi connectivity index (χ1v) is 6.82. The molecule has 1 aliphatic carbocycles. The molecule has 0 bridgehead atoms.